The second-order valence-electron chi connectivity index (χ2n) is 13.7. The molecule has 9 rings (SSSR count). The first kappa shape index (κ1) is 33.1. The number of para-hydroxylation sites is 2. The van der Waals surface area contributed by atoms with Crippen LogP contribution in [0.3, 0.4) is 0 Å². The molecular formula is C52H39NSi. The van der Waals surface area contributed by atoms with E-state index >= 15 is 0 Å². The number of benzene rings is 9. The Balaban J connectivity index is 1.23. The minimum Gasteiger partial charge on any atom is -0.311 e. The predicted molar refractivity (Wildman–Crippen MR) is 235 cm³/mol. The third-order valence-electron chi connectivity index (χ3n) is 10.6. The second kappa shape index (κ2) is 14.7. The van der Waals surface area contributed by atoms with Gasteiger partial charge in [-0.1, -0.05) is 200 Å². The highest BCUT2D eigenvalue weighted by atomic mass is 28.3. The van der Waals surface area contributed by atoms with Crippen LogP contribution in [0.1, 0.15) is 5.56 Å². The zero-order valence-corrected chi connectivity index (χ0v) is 31.0. The van der Waals surface area contributed by atoms with Crippen LogP contribution in [0, 0.1) is 0 Å². The lowest BCUT2D eigenvalue weighted by Crippen LogP contribution is -2.66. The first-order chi connectivity index (χ1) is 26.8. The van der Waals surface area contributed by atoms with E-state index in [0.29, 0.717) is 0 Å². The van der Waals surface area contributed by atoms with E-state index in [1.54, 1.807) is 0 Å². The molecule has 0 heterocycles. The maximum Gasteiger partial charge on any atom is 0.172 e. The Labute approximate surface area is 318 Å². The highest BCUT2D eigenvalue weighted by Gasteiger charge is 2.37. The van der Waals surface area contributed by atoms with Gasteiger partial charge in [0.1, 0.15) is 0 Å². The summed E-state index contributed by atoms with van der Waals surface area (Å²) in [5.74, 6) is 0. The maximum absolute atomic E-state index is 2.62. The van der Waals surface area contributed by atoms with Gasteiger partial charge >= 0.3 is 0 Å². The molecule has 0 saturated heterocycles. The molecule has 0 aliphatic carbocycles. The Hall–Kier alpha value is -6.74. The number of hydrogen-bond acceptors (Lipinski definition) is 1. The lowest BCUT2D eigenvalue weighted by atomic mass is 9.88. The Bertz CT molecular complexity index is 2480. The molecule has 0 unspecified atom stereocenters. The summed E-state index contributed by atoms with van der Waals surface area (Å²) in [6.45, 7) is 0. The lowest BCUT2D eigenvalue weighted by Gasteiger charge is -2.31. The van der Waals surface area contributed by atoms with Crippen LogP contribution in [-0.2, 0) is 0 Å². The van der Waals surface area contributed by atoms with Gasteiger partial charge in [-0.15, -0.1) is 0 Å². The molecule has 0 atom stereocenters. The topological polar surface area (TPSA) is 3.24 Å². The van der Waals surface area contributed by atoms with Gasteiger partial charge in [0.15, 0.2) is 8.07 Å². The van der Waals surface area contributed by atoms with Gasteiger partial charge in [-0.2, -0.15) is 0 Å². The molecular weight excluding hydrogens is 667 g/mol. The number of fused-ring (bicyclic) bond motifs is 2. The first-order valence-electron chi connectivity index (χ1n) is 18.6. The molecule has 0 bridgehead atoms. The third kappa shape index (κ3) is 6.03. The molecule has 54 heavy (non-hydrogen) atoms. The Morgan fingerprint density at radius 1 is 0.315 bits per heavy atom. The van der Waals surface area contributed by atoms with Gasteiger partial charge in [0.05, 0.1) is 0 Å². The van der Waals surface area contributed by atoms with Crippen molar-refractivity contribution < 1.29 is 0 Å². The molecule has 0 aliphatic heterocycles. The van der Waals surface area contributed by atoms with E-state index < -0.39 is 8.07 Å². The van der Waals surface area contributed by atoms with Gasteiger partial charge in [0, 0.05) is 17.1 Å². The monoisotopic (exact) mass is 705 g/mol. The van der Waals surface area contributed by atoms with Crippen LogP contribution in [0.15, 0.2) is 230 Å². The summed E-state index contributed by atoms with van der Waals surface area (Å²) >= 11 is 0. The average molecular weight is 706 g/mol. The van der Waals surface area contributed by atoms with Crippen LogP contribution in [0.25, 0.3) is 38.7 Å². The van der Waals surface area contributed by atoms with E-state index in [2.05, 4.69) is 241 Å². The van der Waals surface area contributed by atoms with Gasteiger partial charge in [-0.3, -0.25) is 0 Å². The van der Waals surface area contributed by atoms with Crippen LogP contribution in [0.5, 0.6) is 0 Å². The Morgan fingerprint density at radius 3 is 1.06 bits per heavy atom. The minimum absolute atomic E-state index is 1.12. The molecule has 9 aromatic rings. The average Bonchev–Trinajstić information content (AvgIpc) is 3.26. The number of nitrogens with zero attached hydrogens (tertiary/aromatic N) is 1. The molecule has 0 radical (unpaired) electrons. The zero-order valence-electron chi connectivity index (χ0n) is 30.0. The number of hydrogen-bond donors (Lipinski definition) is 0. The van der Waals surface area contributed by atoms with E-state index in [0.717, 1.165) is 17.1 Å². The summed E-state index contributed by atoms with van der Waals surface area (Å²) in [5, 5.41) is 9.09. The summed E-state index contributed by atoms with van der Waals surface area (Å²) in [5.41, 5.74) is 9.65. The fourth-order valence-electron chi connectivity index (χ4n) is 8.13. The minimum atomic E-state index is -2.62. The molecule has 9 aromatic carbocycles. The van der Waals surface area contributed by atoms with Crippen molar-refractivity contribution in [1.29, 1.82) is 0 Å². The predicted octanol–water partition coefficient (Wildman–Crippen LogP) is 11.9. The molecule has 0 saturated carbocycles. The van der Waals surface area contributed by atoms with E-state index in [1.165, 1.54) is 53.8 Å². The van der Waals surface area contributed by atoms with Crippen LogP contribution in [0.2, 0.25) is 0 Å². The first-order valence-corrected chi connectivity index (χ1v) is 20.7. The molecule has 0 amide bonds. The van der Waals surface area contributed by atoms with Crippen molar-refractivity contribution in [3.05, 3.63) is 236 Å². The highest BCUT2D eigenvalue weighted by Crippen LogP contribution is 2.42. The van der Waals surface area contributed by atoms with E-state index in [9.17, 15) is 0 Å². The highest BCUT2D eigenvalue weighted by molar-refractivity contribution is 7.15. The molecule has 0 spiro atoms. The summed E-state index contributed by atoms with van der Waals surface area (Å²) in [7, 11) is -2.62. The molecule has 0 fully saturated rings. The summed E-state index contributed by atoms with van der Waals surface area (Å²) in [4.78, 5) is 2.32. The normalized spacial score (nSPS) is 11.6. The van der Waals surface area contributed by atoms with Crippen LogP contribution in [0.4, 0.5) is 17.1 Å². The fraction of sp³-hybridized carbons (Fsp3) is 0. The van der Waals surface area contributed by atoms with Gasteiger partial charge < -0.3 is 4.90 Å². The summed E-state index contributed by atoms with van der Waals surface area (Å²) < 4.78 is 0. The second-order valence-corrected chi connectivity index (χ2v) is 17.4. The van der Waals surface area contributed by atoms with Gasteiger partial charge in [-0.05, 0) is 90.2 Å². The SMILES string of the molecule is C(=C[Si](c1ccccc1)(c1ccccc1)c1ccccc1)c1c2ccccc2c(-c2ccc(N(c3ccccc3)c3ccccc3)cc2)c2ccccc12. The molecule has 0 aliphatic rings. The van der Waals surface area contributed by atoms with Crippen molar-refractivity contribution in [2.45, 2.75) is 0 Å². The maximum atomic E-state index is 2.57. The number of rotatable bonds is 9. The van der Waals surface area contributed by atoms with E-state index in [4.69, 9.17) is 0 Å². The third-order valence-corrected chi connectivity index (χ3v) is 15.0. The standard InChI is InChI=1S/C52H39NSi/c1-6-20-41(21-7-1)53(42-22-8-2-9-23-42)43-36-34-40(35-37-43)52-50-32-18-16-30-47(50)49(48-31-17-19-33-51(48)52)38-39-54(44-24-10-3-11-25-44,45-26-12-4-13-27-45)46-28-14-5-15-29-46/h1-39H. The van der Waals surface area contributed by atoms with Crippen LogP contribution >= 0.6 is 0 Å². The zero-order chi connectivity index (χ0) is 36.2. The number of anilines is 3. The van der Waals surface area contributed by atoms with Gasteiger partial charge in [0.2, 0.25) is 0 Å². The largest absolute Gasteiger partial charge is 0.311 e. The smallest absolute Gasteiger partial charge is 0.172 e. The molecule has 0 N–H and O–H groups in total. The van der Waals surface area contributed by atoms with Gasteiger partial charge in [-0.25, -0.2) is 0 Å². The van der Waals surface area contributed by atoms with Crippen LogP contribution < -0.4 is 20.5 Å². The van der Waals surface area contributed by atoms with E-state index in [1.807, 2.05) is 0 Å². The van der Waals surface area contributed by atoms with Crippen LogP contribution in [-0.4, -0.2) is 8.07 Å². The Kier molecular flexibility index (Phi) is 9.02. The molecule has 256 valence electrons. The van der Waals surface area contributed by atoms with Crippen molar-refractivity contribution in [2.24, 2.45) is 0 Å². The Morgan fingerprint density at radius 2 is 0.648 bits per heavy atom. The molecule has 1 nitrogen and oxygen atoms in total. The lowest BCUT2D eigenvalue weighted by molar-refractivity contribution is 1.28. The quantitative estimate of drug-likeness (QED) is 0.0821. The van der Waals surface area contributed by atoms with Gasteiger partial charge in [0.25, 0.3) is 0 Å². The van der Waals surface area contributed by atoms with Crippen molar-refractivity contribution in [1.82, 2.24) is 0 Å². The summed E-state index contributed by atoms with van der Waals surface area (Å²) in [6.07, 6.45) is 2.44. The van der Waals surface area contributed by atoms with Crippen molar-refractivity contribution in [3.63, 3.8) is 0 Å². The van der Waals surface area contributed by atoms with Crippen molar-refractivity contribution >= 4 is 68.3 Å². The van der Waals surface area contributed by atoms with Crippen molar-refractivity contribution in [2.75, 3.05) is 4.90 Å². The fourth-order valence-corrected chi connectivity index (χ4v) is 12.3. The van der Waals surface area contributed by atoms with Crippen molar-refractivity contribution in [3.8, 4) is 11.1 Å². The molecule has 0 aromatic heterocycles. The van der Waals surface area contributed by atoms with E-state index in [-0.39, 0.29) is 0 Å². The summed E-state index contributed by atoms with van der Waals surface area (Å²) in [6, 6.07) is 81.5. The molecule has 2 heteroatoms.